The average Bonchev–Trinajstić information content (AvgIpc) is 3.10. The average molecular weight is 344 g/mol. The van der Waals surface area contributed by atoms with Crippen LogP contribution in [0.15, 0.2) is 36.5 Å². The molecular formula is C17H20N4O4. The highest BCUT2D eigenvalue weighted by Crippen LogP contribution is 2.16. The molecule has 1 aromatic carbocycles. The second-order valence-corrected chi connectivity index (χ2v) is 5.98. The summed E-state index contributed by atoms with van der Waals surface area (Å²) in [7, 11) is 0. The van der Waals surface area contributed by atoms with E-state index in [1.165, 1.54) is 10.9 Å². The highest BCUT2D eigenvalue weighted by atomic mass is 16.5. The van der Waals surface area contributed by atoms with E-state index in [-0.39, 0.29) is 24.2 Å². The van der Waals surface area contributed by atoms with Crippen LogP contribution >= 0.6 is 0 Å². The maximum absolute atomic E-state index is 12.3. The third kappa shape index (κ3) is 4.63. The third-order valence-electron chi connectivity index (χ3n) is 4.18. The van der Waals surface area contributed by atoms with Gasteiger partial charge in [0.25, 0.3) is 0 Å². The first kappa shape index (κ1) is 17.1. The maximum Gasteiger partial charge on any atom is 0.358 e. The molecule has 1 N–H and O–H groups in total. The minimum atomic E-state index is -1.16. The van der Waals surface area contributed by atoms with E-state index < -0.39 is 5.97 Å². The van der Waals surface area contributed by atoms with Crippen molar-refractivity contribution in [1.29, 1.82) is 0 Å². The fourth-order valence-electron chi connectivity index (χ4n) is 2.77. The van der Waals surface area contributed by atoms with Crippen molar-refractivity contribution in [1.82, 2.24) is 19.9 Å². The molecule has 25 heavy (non-hydrogen) atoms. The zero-order valence-electron chi connectivity index (χ0n) is 13.7. The molecule has 0 aliphatic carbocycles. The molecule has 0 radical (unpaired) electrons. The minimum Gasteiger partial charge on any atom is -0.476 e. The molecule has 0 unspecified atom stereocenters. The molecule has 2 aromatic rings. The Morgan fingerprint density at radius 3 is 2.56 bits per heavy atom. The van der Waals surface area contributed by atoms with Crippen LogP contribution in [0.4, 0.5) is 0 Å². The largest absolute Gasteiger partial charge is 0.476 e. The number of nitrogens with zero attached hydrogens (tertiary/aromatic N) is 4. The first-order valence-corrected chi connectivity index (χ1v) is 8.18. The van der Waals surface area contributed by atoms with Crippen LogP contribution in [0.25, 0.3) is 0 Å². The Bertz CT molecular complexity index is 723. The summed E-state index contributed by atoms with van der Waals surface area (Å²) < 4.78 is 7.17. The fraction of sp³-hybridized carbons (Fsp3) is 0.412. The van der Waals surface area contributed by atoms with Crippen molar-refractivity contribution < 1.29 is 19.4 Å². The molecule has 3 rings (SSSR count). The predicted molar refractivity (Wildman–Crippen MR) is 87.8 cm³/mol. The van der Waals surface area contributed by atoms with Crippen molar-refractivity contribution in [2.24, 2.45) is 0 Å². The van der Waals surface area contributed by atoms with E-state index in [4.69, 9.17) is 9.84 Å². The second kappa shape index (κ2) is 7.89. The summed E-state index contributed by atoms with van der Waals surface area (Å²) in [4.78, 5) is 24.8. The molecular weight excluding hydrogens is 324 g/mol. The molecule has 132 valence electrons. The van der Waals surface area contributed by atoms with Crippen LogP contribution in [-0.4, -0.2) is 56.1 Å². The SMILES string of the molecule is O=C(O)c1cn(CC(=O)N2CCC(OCc3ccccc3)CC2)nn1. The summed E-state index contributed by atoms with van der Waals surface area (Å²) in [6.07, 6.45) is 2.98. The first-order chi connectivity index (χ1) is 12.1. The lowest BCUT2D eigenvalue weighted by Gasteiger charge is -2.32. The maximum atomic E-state index is 12.3. The van der Waals surface area contributed by atoms with Gasteiger partial charge in [-0.1, -0.05) is 35.5 Å². The standard InChI is InChI=1S/C17H20N4O4/c22-16(11-21-10-15(17(23)24)18-19-21)20-8-6-14(7-9-20)25-12-13-4-2-1-3-5-13/h1-5,10,14H,6-9,11-12H2,(H,23,24). The third-order valence-corrected chi connectivity index (χ3v) is 4.18. The molecule has 0 saturated carbocycles. The molecule has 1 amide bonds. The monoisotopic (exact) mass is 344 g/mol. The highest BCUT2D eigenvalue weighted by molar-refractivity contribution is 5.84. The number of amides is 1. The summed E-state index contributed by atoms with van der Waals surface area (Å²) in [6.45, 7) is 1.82. The lowest BCUT2D eigenvalue weighted by molar-refractivity contribution is -0.134. The molecule has 1 aromatic heterocycles. The summed E-state index contributed by atoms with van der Waals surface area (Å²) in [6, 6.07) is 10.0. The zero-order valence-corrected chi connectivity index (χ0v) is 13.7. The van der Waals surface area contributed by atoms with Crippen molar-refractivity contribution in [2.45, 2.75) is 32.1 Å². The molecule has 1 saturated heterocycles. The number of rotatable bonds is 6. The Morgan fingerprint density at radius 1 is 1.20 bits per heavy atom. The molecule has 1 aliphatic heterocycles. The van der Waals surface area contributed by atoms with Crippen molar-refractivity contribution in [3.8, 4) is 0 Å². The number of hydrogen-bond acceptors (Lipinski definition) is 5. The Hall–Kier alpha value is -2.74. The number of aromatic nitrogens is 3. The number of likely N-dealkylation sites (tertiary alicyclic amines) is 1. The number of carbonyl (C=O) groups is 2. The van der Waals surface area contributed by atoms with Crippen LogP contribution in [0.3, 0.4) is 0 Å². The van der Waals surface area contributed by atoms with Crippen LogP contribution < -0.4 is 0 Å². The summed E-state index contributed by atoms with van der Waals surface area (Å²) in [5, 5.41) is 16.0. The smallest absolute Gasteiger partial charge is 0.358 e. The van der Waals surface area contributed by atoms with Gasteiger partial charge in [0.1, 0.15) is 6.54 Å². The van der Waals surface area contributed by atoms with Gasteiger partial charge in [-0.25, -0.2) is 9.48 Å². The van der Waals surface area contributed by atoms with Gasteiger partial charge in [-0.05, 0) is 18.4 Å². The summed E-state index contributed by atoms with van der Waals surface area (Å²) >= 11 is 0. The fourth-order valence-corrected chi connectivity index (χ4v) is 2.77. The van der Waals surface area contributed by atoms with Crippen molar-refractivity contribution in [2.75, 3.05) is 13.1 Å². The Kier molecular flexibility index (Phi) is 5.39. The normalized spacial score (nSPS) is 15.3. The van der Waals surface area contributed by atoms with Gasteiger partial charge in [-0.15, -0.1) is 5.10 Å². The zero-order chi connectivity index (χ0) is 17.6. The van der Waals surface area contributed by atoms with Crippen LogP contribution in [0, 0.1) is 0 Å². The lowest BCUT2D eigenvalue weighted by Crippen LogP contribution is -2.42. The van der Waals surface area contributed by atoms with E-state index in [0.717, 1.165) is 18.4 Å². The molecule has 0 atom stereocenters. The number of carbonyl (C=O) groups excluding carboxylic acids is 1. The minimum absolute atomic E-state index is 0.00415. The van der Waals surface area contributed by atoms with E-state index >= 15 is 0 Å². The number of piperidine rings is 1. The van der Waals surface area contributed by atoms with E-state index in [0.29, 0.717) is 19.7 Å². The van der Waals surface area contributed by atoms with Gasteiger partial charge in [0.2, 0.25) is 5.91 Å². The Balaban J connectivity index is 1.43. The predicted octanol–water partition coefficient (Wildman–Crippen LogP) is 1.18. The summed E-state index contributed by atoms with van der Waals surface area (Å²) in [5.74, 6) is -1.25. The van der Waals surface area contributed by atoms with Gasteiger partial charge in [0.05, 0.1) is 18.9 Å². The van der Waals surface area contributed by atoms with Gasteiger partial charge in [0.15, 0.2) is 5.69 Å². The quantitative estimate of drug-likeness (QED) is 0.845. The Labute approximate surface area is 145 Å². The van der Waals surface area contributed by atoms with Gasteiger partial charge in [-0.3, -0.25) is 4.79 Å². The van der Waals surface area contributed by atoms with Gasteiger partial charge in [0, 0.05) is 13.1 Å². The molecule has 1 aliphatic rings. The first-order valence-electron chi connectivity index (χ1n) is 8.18. The molecule has 2 heterocycles. The van der Waals surface area contributed by atoms with Crippen LogP contribution in [0.2, 0.25) is 0 Å². The lowest BCUT2D eigenvalue weighted by atomic mass is 10.1. The molecule has 8 nitrogen and oxygen atoms in total. The summed E-state index contributed by atoms with van der Waals surface area (Å²) in [5.41, 5.74) is 0.974. The van der Waals surface area contributed by atoms with Gasteiger partial charge < -0.3 is 14.7 Å². The van der Waals surface area contributed by atoms with E-state index in [2.05, 4.69) is 10.3 Å². The topological polar surface area (TPSA) is 97.5 Å². The van der Waals surface area contributed by atoms with Crippen molar-refractivity contribution in [3.05, 3.63) is 47.8 Å². The number of hydrogen-bond donors (Lipinski definition) is 1. The number of carboxylic acids is 1. The van der Waals surface area contributed by atoms with E-state index in [1.807, 2.05) is 30.3 Å². The van der Waals surface area contributed by atoms with Crippen LogP contribution in [-0.2, 0) is 22.7 Å². The number of aromatic carboxylic acids is 1. The molecule has 0 spiro atoms. The van der Waals surface area contributed by atoms with E-state index in [9.17, 15) is 9.59 Å². The van der Waals surface area contributed by atoms with Gasteiger partial charge in [-0.2, -0.15) is 0 Å². The van der Waals surface area contributed by atoms with E-state index in [1.54, 1.807) is 4.90 Å². The number of ether oxygens (including phenoxy) is 1. The second-order valence-electron chi connectivity index (χ2n) is 5.98. The molecule has 8 heteroatoms. The molecule has 0 bridgehead atoms. The Morgan fingerprint density at radius 2 is 1.92 bits per heavy atom. The van der Waals surface area contributed by atoms with Gasteiger partial charge >= 0.3 is 5.97 Å². The van der Waals surface area contributed by atoms with Crippen molar-refractivity contribution >= 4 is 11.9 Å². The molecule has 1 fully saturated rings. The van der Waals surface area contributed by atoms with Crippen molar-refractivity contribution in [3.63, 3.8) is 0 Å². The highest BCUT2D eigenvalue weighted by Gasteiger charge is 2.24. The van der Waals surface area contributed by atoms with Crippen LogP contribution in [0.5, 0.6) is 0 Å². The van der Waals surface area contributed by atoms with Crippen LogP contribution in [0.1, 0.15) is 28.9 Å². The number of carboxylic acid groups (broad SMARTS) is 1. The number of benzene rings is 1.